The third-order valence-electron chi connectivity index (χ3n) is 3.14. The first-order valence-electron chi connectivity index (χ1n) is 6.63. The minimum Gasteiger partial charge on any atom is -0.328 e. The van der Waals surface area contributed by atoms with Gasteiger partial charge < -0.3 is 5.73 Å². The summed E-state index contributed by atoms with van der Waals surface area (Å²) >= 11 is 0. The normalized spacial score (nSPS) is 12.5. The van der Waals surface area contributed by atoms with Gasteiger partial charge in [-0.15, -0.1) is 0 Å². The van der Waals surface area contributed by atoms with Crippen LogP contribution in [0.2, 0.25) is 0 Å². The maximum atomic E-state index is 5.81. The highest BCUT2D eigenvalue weighted by atomic mass is 14.9. The topological polar surface area (TPSA) is 51.8 Å². The first kappa shape index (κ1) is 13.7. The highest BCUT2D eigenvalue weighted by Gasteiger charge is 2.09. The van der Waals surface area contributed by atoms with Crippen LogP contribution in [0.4, 0.5) is 0 Å². The maximum absolute atomic E-state index is 5.81. The second-order valence-corrected chi connectivity index (χ2v) is 5.31. The van der Waals surface area contributed by atoms with Crippen LogP contribution in [-0.2, 0) is 6.42 Å². The average Bonchev–Trinajstić information content (AvgIpc) is 2.26. The Balaban J connectivity index is 2.47. The first-order valence-corrected chi connectivity index (χ1v) is 6.63. The maximum Gasteiger partial charge on any atom is 0.130 e. The van der Waals surface area contributed by atoms with Crippen LogP contribution in [-0.4, -0.2) is 16.0 Å². The van der Waals surface area contributed by atoms with Crippen molar-refractivity contribution in [2.45, 2.75) is 40.2 Å². The van der Waals surface area contributed by atoms with Gasteiger partial charge in [-0.1, -0.05) is 17.7 Å². The van der Waals surface area contributed by atoms with Crippen LogP contribution in [0.1, 0.15) is 29.4 Å². The molecule has 100 valence electrons. The second kappa shape index (κ2) is 5.49. The molecule has 0 aliphatic carbocycles. The van der Waals surface area contributed by atoms with Gasteiger partial charge in [0, 0.05) is 24.2 Å². The Morgan fingerprint density at radius 1 is 1.16 bits per heavy atom. The summed E-state index contributed by atoms with van der Waals surface area (Å²) < 4.78 is 0. The molecule has 1 atom stereocenters. The third kappa shape index (κ3) is 3.18. The van der Waals surface area contributed by atoms with Crippen molar-refractivity contribution in [3.8, 4) is 11.3 Å². The Kier molecular flexibility index (Phi) is 3.96. The minimum atomic E-state index is 0.0791. The molecule has 0 saturated carbocycles. The molecule has 2 aromatic rings. The van der Waals surface area contributed by atoms with Crippen molar-refractivity contribution in [1.29, 1.82) is 0 Å². The number of nitrogens with two attached hydrogens (primary N) is 1. The SMILES string of the molecule is Cc1cc(C)c(-c2ccnc(CC(C)N)n2)c(C)c1. The zero-order valence-corrected chi connectivity index (χ0v) is 12.1. The predicted octanol–water partition coefficient (Wildman–Crippen LogP) is 2.96. The molecule has 19 heavy (non-hydrogen) atoms. The van der Waals surface area contributed by atoms with E-state index in [-0.39, 0.29) is 6.04 Å². The van der Waals surface area contributed by atoms with E-state index in [4.69, 9.17) is 5.73 Å². The van der Waals surface area contributed by atoms with Crippen LogP contribution >= 0.6 is 0 Å². The molecule has 1 aromatic heterocycles. The molecule has 0 radical (unpaired) electrons. The summed E-state index contributed by atoms with van der Waals surface area (Å²) in [7, 11) is 0. The molecule has 1 aromatic carbocycles. The highest BCUT2D eigenvalue weighted by Crippen LogP contribution is 2.26. The molecule has 3 heteroatoms. The fraction of sp³-hybridized carbons (Fsp3) is 0.375. The lowest BCUT2D eigenvalue weighted by atomic mass is 9.97. The smallest absolute Gasteiger partial charge is 0.130 e. The summed E-state index contributed by atoms with van der Waals surface area (Å²) in [5.74, 6) is 0.812. The largest absolute Gasteiger partial charge is 0.328 e. The Morgan fingerprint density at radius 3 is 2.37 bits per heavy atom. The Bertz CT molecular complexity index is 565. The van der Waals surface area contributed by atoms with E-state index in [1.165, 1.54) is 22.3 Å². The monoisotopic (exact) mass is 255 g/mol. The fourth-order valence-electron chi connectivity index (χ4n) is 2.51. The molecular formula is C16H21N3. The van der Waals surface area contributed by atoms with Crippen molar-refractivity contribution in [1.82, 2.24) is 9.97 Å². The van der Waals surface area contributed by atoms with Gasteiger partial charge in [-0.25, -0.2) is 9.97 Å². The zero-order chi connectivity index (χ0) is 14.0. The van der Waals surface area contributed by atoms with Crippen LogP contribution < -0.4 is 5.73 Å². The zero-order valence-electron chi connectivity index (χ0n) is 12.1. The summed E-state index contributed by atoms with van der Waals surface area (Å²) in [5, 5.41) is 0. The van der Waals surface area contributed by atoms with Crippen molar-refractivity contribution >= 4 is 0 Å². The number of hydrogen-bond donors (Lipinski definition) is 1. The molecule has 2 rings (SSSR count). The van der Waals surface area contributed by atoms with Crippen molar-refractivity contribution in [2.75, 3.05) is 0 Å². The van der Waals surface area contributed by atoms with E-state index >= 15 is 0 Å². The van der Waals surface area contributed by atoms with Crippen LogP contribution in [0.25, 0.3) is 11.3 Å². The van der Waals surface area contributed by atoms with Gasteiger partial charge in [0.25, 0.3) is 0 Å². The van der Waals surface area contributed by atoms with Crippen LogP contribution in [0, 0.1) is 20.8 Å². The van der Waals surface area contributed by atoms with Gasteiger partial charge in [0.15, 0.2) is 0 Å². The van der Waals surface area contributed by atoms with Crippen LogP contribution in [0.3, 0.4) is 0 Å². The predicted molar refractivity (Wildman–Crippen MR) is 79.0 cm³/mol. The lowest BCUT2D eigenvalue weighted by molar-refractivity contribution is 0.702. The van der Waals surface area contributed by atoms with E-state index in [2.05, 4.69) is 42.9 Å². The summed E-state index contributed by atoms with van der Waals surface area (Å²) in [6, 6.07) is 6.43. The highest BCUT2D eigenvalue weighted by molar-refractivity contribution is 5.67. The van der Waals surface area contributed by atoms with Crippen molar-refractivity contribution < 1.29 is 0 Å². The van der Waals surface area contributed by atoms with Gasteiger partial charge in [0.05, 0.1) is 5.69 Å². The Morgan fingerprint density at radius 2 is 1.79 bits per heavy atom. The summed E-state index contributed by atoms with van der Waals surface area (Å²) in [6.45, 7) is 8.34. The molecule has 2 N–H and O–H groups in total. The molecule has 1 heterocycles. The van der Waals surface area contributed by atoms with E-state index in [1.54, 1.807) is 0 Å². The van der Waals surface area contributed by atoms with Gasteiger partial charge in [-0.3, -0.25) is 0 Å². The Hall–Kier alpha value is -1.74. The molecular weight excluding hydrogens is 234 g/mol. The van der Waals surface area contributed by atoms with Crippen molar-refractivity contribution in [3.05, 3.63) is 46.9 Å². The summed E-state index contributed by atoms with van der Waals surface area (Å²) in [4.78, 5) is 8.93. The van der Waals surface area contributed by atoms with Crippen LogP contribution in [0.5, 0.6) is 0 Å². The average molecular weight is 255 g/mol. The summed E-state index contributed by atoms with van der Waals surface area (Å²) in [6.07, 6.45) is 2.52. The summed E-state index contributed by atoms with van der Waals surface area (Å²) in [5.41, 5.74) is 11.8. The molecule has 1 unspecified atom stereocenters. The minimum absolute atomic E-state index is 0.0791. The molecule has 0 spiro atoms. The first-order chi connectivity index (χ1) is 8.97. The number of hydrogen-bond acceptors (Lipinski definition) is 3. The second-order valence-electron chi connectivity index (χ2n) is 5.31. The van der Waals surface area contributed by atoms with Crippen LogP contribution in [0.15, 0.2) is 24.4 Å². The lowest BCUT2D eigenvalue weighted by Gasteiger charge is -2.12. The molecule has 3 nitrogen and oxygen atoms in total. The standard InChI is InChI=1S/C16H21N3/c1-10-7-11(2)16(12(3)8-10)14-5-6-18-15(19-14)9-13(4)17/h5-8,13H,9,17H2,1-4H3. The third-order valence-corrected chi connectivity index (χ3v) is 3.14. The van der Waals surface area contributed by atoms with E-state index in [0.29, 0.717) is 6.42 Å². The van der Waals surface area contributed by atoms with E-state index in [9.17, 15) is 0 Å². The van der Waals surface area contributed by atoms with Gasteiger partial charge in [0.1, 0.15) is 5.82 Å². The lowest BCUT2D eigenvalue weighted by Crippen LogP contribution is -2.19. The van der Waals surface area contributed by atoms with Gasteiger partial charge >= 0.3 is 0 Å². The number of benzene rings is 1. The number of aryl methyl sites for hydroxylation is 3. The number of aromatic nitrogens is 2. The molecule has 0 fully saturated rings. The number of nitrogens with zero attached hydrogens (tertiary/aromatic N) is 2. The van der Waals surface area contributed by atoms with E-state index in [1.807, 2.05) is 19.2 Å². The van der Waals surface area contributed by atoms with Gasteiger partial charge in [-0.2, -0.15) is 0 Å². The molecule has 0 aliphatic rings. The molecule has 0 aliphatic heterocycles. The van der Waals surface area contributed by atoms with Crippen molar-refractivity contribution in [2.24, 2.45) is 5.73 Å². The van der Waals surface area contributed by atoms with Gasteiger partial charge in [-0.05, 0) is 44.9 Å². The molecule has 0 amide bonds. The van der Waals surface area contributed by atoms with Gasteiger partial charge in [0.2, 0.25) is 0 Å². The fourth-order valence-corrected chi connectivity index (χ4v) is 2.51. The van der Waals surface area contributed by atoms with Crippen molar-refractivity contribution in [3.63, 3.8) is 0 Å². The van der Waals surface area contributed by atoms with E-state index in [0.717, 1.165) is 11.5 Å². The Labute approximate surface area is 114 Å². The number of rotatable bonds is 3. The molecule has 0 saturated heterocycles. The molecule has 0 bridgehead atoms. The van der Waals surface area contributed by atoms with E-state index < -0.39 is 0 Å². The quantitative estimate of drug-likeness (QED) is 0.917.